The van der Waals surface area contributed by atoms with Crippen LogP contribution in [0.3, 0.4) is 0 Å². The lowest BCUT2D eigenvalue weighted by atomic mass is 9.94. The van der Waals surface area contributed by atoms with Crippen molar-refractivity contribution in [2.75, 3.05) is 4.90 Å². The average molecular weight is 732 g/mol. The monoisotopic (exact) mass is 731 g/mol. The van der Waals surface area contributed by atoms with Gasteiger partial charge in [-0.25, -0.2) is 0 Å². The minimum atomic E-state index is 0.900. The number of fused-ring (bicyclic) bond motifs is 6. The molecular weight excluding hydrogens is 695 g/mol. The van der Waals surface area contributed by atoms with E-state index in [0.29, 0.717) is 0 Å². The molecule has 0 aliphatic heterocycles. The van der Waals surface area contributed by atoms with Gasteiger partial charge in [0.05, 0.1) is 0 Å². The highest BCUT2D eigenvalue weighted by Crippen LogP contribution is 2.40. The van der Waals surface area contributed by atoms with Crippen molar-refractivity contribution in [3.8, 4) is 33.4 Å². The highest BCUT2D eigenvalue weighted by Gasteiger charge is 2.20. The van der Waals surface area contributed by atoms with Crippen molar-refractivity contribution in [3.63, 3.8) is 0 Å². The molecule has 270 valence electrons. The van der Waals surface area contributed by atoms with Gasteiger partial charge in [-0.3, -0.25) is 0 Å². The zero-order valence-electron chi connectivity index (χ0n) is 31.2. The van der Waals surface area contributed by atoms with E-state index in [4.69, 9.17) is 8.83 Å². The SMILES string of the molecule is C1=C(c2ccc3c(c2)oc2ccccc23)CCC(N(c2ccc(-c3ccc(-c4ccccc4)cc3)cc2)c2ccc(-c3ccc4c(c3)oc3ccccc34)cc2)=C1. The molecule has 0 saturated carbocycles. The third-order valence-corrected chi connectivity index (χ3v) is 11.5. The smallest absolute Gasteiger partial charge is 0.136 e. The van der Waals surface area contributed by atoms with E-state index in [-0.39, 0.29) is 0 Å². The number of rotatable bonds is 7. The zero-order chi connectivity index (χ0) is 37.7. The molecule has 10 aromatic rings. The summed E-state index contributed by atoms with van der Waals surface area (Å²) in [6.07, 6.45) is 6.41. The maximum absolute atomic E-state index is 6.25. The number of furan rings is 2. The lowest BCUT2D eigenvalue weighted by Gasteiger charge is -2.30. The second-order valence-corrected chi connectivity index (χ2v) is 14.8. The third kappa shape index (κ3) is 6.01. The van der Waals surface area contributed by atoms with Crippen molar-refractivity contribution in [1.82, 2.24) is 0 Å². The van der Waals surface area contributed by atoms with Gasteiger partial charge in [-0.15, -0.1) is 0 Å². The van der Waals surface area contributed by atoms with Gasteiger partial charge in [-0.05, 0) is 124 Å². The minimum Gasteiger partial charge on any atom is -0.456 e. The highest BCUT2D eigenvalue weighted by atomic mass is 16.3. The Hall–Kier alpha value is -7.36. The molecular formula is C54H37NO2. The average Bonchev–Trinajstić information content (AvgIpc) is 3.85. The molecule has 8 aromatic carbocycles. The van der Waals surface area contributed by atoms with Gasteiger partial charge in [0.1, 0.15) is 22.3 Å². The molecule has 0 fully saturated rings. The van der Waals surface area contributed by atoms with Gasteiger partial charge in [0.25, 0.3) is 0 Å². The zero-order valence-corrected chi connectivity index (χ0v) is 31.2. The molecule has 0 spiro atoms. The molecule has 2 aromatic heterocycles. The summed E-state index contributed by atoms with van der Waals surface area (Å²) in [6, 6.07) is 67.0. The first-order chi connectivity index (χ1) is 28.2. The first-order valence-electron chi connectivity index (χ1n) is 19.6. The van der Waals surface area contributed by atoms with Crippen LogP contribution in [-0.2, 0) is 0 Å². The fraction of sp³-hybridized carbons (Fsp3) is 0.0370. The van der Waals surface area contributed by atoms with Crippen LogP contribution in [-0.4, -0.2) is 0 Å². The van der Waals surface area contributed by atoms with Crippen LogP contribution in [0.1, 0.15) is 18.4 Å². The maximum atomic E-state index is 6.25. The Morgan fingerprint density at radius 2 is 0.737 bits per heavy atom. The third-order valence-electron chi connectivity index (χ3n) is 11.5. The van der Waals surface area contributed by atoms with Crippen LogP contribution >= 0.6 is 0 Å². The second kappa shape index (κ2) is 13.7. The predicted molar refractivity (Wildman–Crippen MR) is 238 cm³/mol. The quantitative estimate of drug-likeness (QED) is 0.163. The largest absolute Gasteiger partial charge is 0.456 e. The molecule has 57 heavy (non-hydrogen) atoms. The Morgan fingerprint density at radius 1 is 0.316 bits per heavy atom. The summed E-state index contributed by atoms with van der Waals surface area (Å²) in [6.45, 7) is 0. The van der Waals surface area contributed by atoms with Crippen molar-refractivity contribution in [1.29, 1.82) is 0 Å². The summed E-state index contributed by atoms with van der Waals surface area (Å²) >= 11 is 0. The summed E-state index contributed by atoms with van der Waals surface area (Å²) in [5, 5.41) is 4.60. The van der Waals surface area contributed by atoms with Crippen LogP contribution in [0, 0.1) is 0 Å². The van der Waals surface area contributed by atoms with E-state index in [1.807, 2.05) is 24.3 Å². The Bertz CT molecular complexity index is 3140. The van der Waals surface area contributed by atoms with Gasteiger partial charge < -0.3 is 13.7 Å². The molecule has 11 rings (SSSR count). The lowest BCUT2D eigenvalue weighted by molar-refractivity contribution is 0.668. The first-order valence-corrected chi connectivity index (χ1v) is 19.6. The van der Waals surface area contributed by atoms with Gasteiger partial charge in [-0.1, -0.05) is 133 Å². The first kappa shape index (κ1) is 33.0. The molecule has 0 bridgehead atoms. The standard InChI is InChI=1S/C54H37NO2/c1-2-8-36(9-3-1)37-14-16-38(17-15-37)39-18-26-44(27-19-39)55(45-28-20-40(21-29-45)42-24-32-49-47-10-4-6-12-51(47)56-53(49)34-42)46-30-22-41(23-31-46)43-25-33-50-48-11-5-7-13-52(48)57-54(50)35-43/h1-22,24-30,32-35H,23,31H2. The molecule has 2 heterocycles. The molecule has 0 saturated heterocycles. The summed E-state index contributed by atoms with van der Waals surface area (Å²) < 4.78 is 12.5. The van der Waals surface area contributed by atoms with Crippen molar-refractivity contribution in [3.05, 3.63) is 211 Å². The highest BCUT2D eigenvalue weighted by molar-refractivity contribution is 6.06. The number of nitrogens with zero attached hydrogens (tertiary/aromatic N) is 1. The van der Waals surface area contributed by atoms with Gasteiger partial charge in [-0.2, -0.15) is 0 Å². The van der Waals surface area contributed by atoms with Crippen LogP contribution in [0.15, 0.2) is 215 Å². The Kier molecular flexibility index (Phi) is 7.96. The van der Waals surface area contributed by atoms with E-state index in [1.165, 1.54) is 39.1 Å². The van der Waals surface area contributed by atoms with Crippen molar-refractivity contribution in [2.45, 2.75) is 12.8 Å². The summed E-state index contributed by atoms with van der Waals surface area (Å²) in [5.74, 6) is 0. The van der Waals surface area contributed by atoms with E-state index >= 15 is 0 Å². The topological polar surface area (TPSA) is 29.5 Å². The van der Waals surface area contributed by atoms with Crippen LogP contribution in [0.5, 0.6) is 0 Å². The number of allylic oxidation sites excluding steroid dienone is 4. The molecule has 0 radical (unpaired) electrons. The van der Waals surface area contributed by atoms with E-state index < -0.39 is 0 Å². The summed E-state index contributed by atoms with van der Waals surface area (Å²) in [4.78, 5) is 2.41. The molecule has 3 heteroatoms. The number of para-hydroxylation sites is 2. The number of anilines is 2. The van der Waals surface area contributed by atoms with Gasteiger partial charge >= 0.3 is 0 Å². The molecule has 0 N–H and O–H groups in total. The van der Waals surface area contributed by atoms with Crippen molar-refractivity contribution < 1.29 is 8.83 Å². The van der Waals surface area contributed by atoms with Crippen molar-refractivity contribution >= 4 is 60.8 Å². The van der Waals surface area contributed by atoms with E-state index in [9.17, 15) is 0 Å². The fourth-order valence-corrected chi connectivity index (χ4v) is 8.46. The lowest BCUT2D eigenvalue weighted by Crippen LogP contribution is -2.17. The van der Waals surface area contributed by atoms with Crippen molar-refractivity contribution in [2.24, 2.45) is 0 Å². The summed E-state index contributed by atoms with van der Waals surface area (Å²) in [7, 11) is 0. The van der Waals surface area contributed by atoms with Crippen LogP contribution in [0.2, 0.25) is 0 Å². The van der Waals surface area contributed by atoms with Crippen LogP contribution < -0.4 is 4.90 Å². The van der Waals surface area contributed by atoms with Crippen LogP contribution in [0.25, 0.3) is 82.8 Å². The number of hydrogen-bond donors (Lipinski definition) is 0. The molecule has 3 nitrogen and oxygen atoms in total. The van der Waals surface area contributed by atoms with E-state index in [2.05, 4.69) is 181 Å². The number of hydrogen-bond acceptors (Lipinski definition) is 3. The molecule has 0 amide bonds. The van der Waals surface area contributed by atoms with Gasteiger partial charge in [0.15, 0.2) is 0 Å². The Balaban J connectivity index is 0.934. The van der Waals surface area contributed by atoms with Gasteiger partial charge in [0.2, 0.25) is 0 Å². The van der Waals surface area contributed by atoms with Crippen LogP contribution in [0.4, 0.5) is 11.4 Å². The molecule has 1 aliphatic carbocycles. The maximum Gasteiger partial charge on any atom is 0.136 e. The summed E-state index contributed by atoms with van der Waals surface area (Å²) in [5.41, 5.74) is 16.8. The second-order valence-electron chi connectivity index (χ2n) is 14.8. The van der Waals surface area contributed by atoms with Gasteiger partial charge in [0, 0.05) is 38.6 Å². The Morgan fingerprint density at radius 3 is 1.28 bits per heavy atom. The Labute approximate surface area is 331 Å². The molecule has 1 aliphatic rings. The molecule has 0 atom stereocenters. The number of benzene rings is 8. The normalized spacial score (nSPS) is 13.0. The fourth-order valence-electron chi connectivity index (χ4n) is 8.46. The van der Waals surface area contributed by atoms with E-state index in [1.54, 1.807) is 0 Å². The minimum absolute atomic E-state index is 0.900. The predicted octanol–water partition coefficient (Wildman–Crippen LogP) is 15.4. The molecule has 0 unspecified atom stereocenters. The van der Waals surface area contributed by atoms with E-state index in [0.717, 1.165) is 79.2 Å².